The molecule has 0 N–H and O–H groups in total. The molecule has 1 aromatic rings. The summed E-state index contributed by atoms with van der Waals surface area (Å²) in [6.45, 7) is 0.384. The highest BCUT2D eigenvalue weighted by atomic mass is 19.1. The summed E-state index contributed by atoms with van der Waals surface area (Å²) < 4.78 is 26.3. The first-order chi connectivity index (χ1) is 8.08. The lowest BCUT2D eigenvalue weighted by atomic mass is 10.1. The van der Waals surface area contributed by atoms with Crippen molar-refractivity contribution in [3.8, 4) is 0 Å². The molecule has 1 aliphatic rings. The topological polar surface area (TPSA) is 37.4 Å². The van der Waals surface area contributed by atoms with Gasteiger partial charge in [0.1, 0.15) is 11.6 Å². The standard InChI is InChI=1S/C12H11F2NO2/c13-8-3-4-11(14)10(6-8)12(17)15-5-1-2-9(16)7-15/h3-4,6H,1-2,5,7H2. The van der Waals surface area contributed by atoms with Gasteiger partial charge in [-0.25, -0.2) is 8.78 Å². The zero-order chi connectivity index (χ0) is 12.4. The average Bonchev–Trinajstić information content (AvgIpc) is 2.31. The van der Waals surface area contributed by atoms with E-state index in [2.05, 4.69) is 0 Å². The van der Waals surface area contributed by atoms with Crippen LogP contribution in [0.2, 0.25) is 0 Å². The quantitative estimate of drug-likeness (QED) is 0.749. The number of carbonyl (C=O) groups is 2. The monoisotopic (exact) mass is 239 g/mol. The van der Waals surface area contributed by atoms with Crippen LogP contribution in [-0.4, -0.2) is 29.7 Å². The van der Waals surface area contributed by atoms with Crippen molar-refractivity contribution in [1.29, 1.82) is 0 Å². The van der Waals surface area contributed by atoms with Gasteiger partial charge in [0.05, 0.1) is 12.1 Å². The highest BCUT2D eigenvalue weighted by Gasteiger charge is 2.24. The third-order valence-corrected chi connectivity index (χ3v) is 2.70. The molecule has 1 amide bonds. The van der Waals surface area contributed by atoms with Crippen LogP contribution in [0, 0.1) is 11.6 Å². The molecule has 0 aliphatic carbocycles. The molecule has 0 radical (unpaired) electrons. The number of hydrogen-bond acceptors (Lipinski definition) is 2. The zero-order valence-corrected chi connectivity index (χ0v) is 9.08. The lowest BCUT2D eigenvalue weighted by Gasteiger charge is -2.25. The summed E-state index contributed by atoms with van der Waals surface area (Å²) in [5.41, 5.74) is -0.320. The van der Waals surface area contributed by atoms with Gasteiger partial charge in [0.15, 0.2) is 5.78 Å². The molecule has 0 saturated carbocycles. The fourth-order valence-electron chi connectivity index (χ4n) is 1.84. The smallest absolute Gasteiger partial charge is 0.257 e. The van der Waals surface area contributed by atoms with Crippen molar-refractivity contribution in [3.05, 3.63) is 35.4 Å². The van der Waals surface area contributed by atoms with Gasteiger partial charge in [0, 0.05) is 13.0 Å². The van der Waals surface area contributed by atoms with Crippen LogP contribution in [0.3, 0.4) is 0 Å². The van der Waals surface area contributed by atoms with Gasteiger partial charge in [0.2, 0.25) is 0 Å². The summed E-state index contributed by atoms with van der Waals surface area (Å²) >= 11 is 0. The second-order valence-corrected chi connectivity index (χ2v) is 3.99. The summed E-state index contributed by atoms with van der Waals surface area (Å²) in [6.07, 6.45) is 1.01. The minimum absolute atomic E-state index is 0.0191. The molecule has 0 spiro atoms. The fraction of sp³-hybridized carbons (Fsp3) is 0.333. The Morgan fingerprint density at radius 3 is 2.76 bits per heavy atom. The summed E-state index contributed by atoms with van der Waals surface area (Å²) in [4.78, 5) is 24.3. The zero-order valence-electron chi connectivity index (χ0n) is 9.08. The van der Waals surface area contributed by atoms with E-state index >= 15 is 0 Å². The molecular formula is C12H11F2NO2. The average molecular weight is 239 g/mol. The summed E-state index contributed by atoms with van der Waals surface area (Å²) in [7, 11) is 0. The minimum Gasteiger partial charge on any atom is -0.331 e. The molecule has 0 unspecified atom stereocenters. The Balaban J connectivity index is 2.24. The van der Waals surface area contributed by atoms with E-state index in [1.54, 1.807) is 0 Å². The number of ketones is 1. The first-order valence-electron chi connectivity index (χ1n) is 5.34. The third kappa shape index (κ3) is 2.49. The predicted molar refractivity (Wildman–Crippen MR) is 56.5 cm³/mol. The molecule has 5 heteroatoms. The summed E-state index contributed by atoms with van der Waals surface area (Å²) in [6, 6.07) is 2.72. The van der Waals surface area contributed by atoms with E-state index in [0.29, 0.717) is 19.4 Å². The molecule has 90 valence electrons. The number of hydrogen-bond donors (Lipinski definition) is 0. The Kier molecular flexibility index (Phi) is 3.17. The predicted octanol–water partition coefficient (Wildman–Crippen LogP) is 1.77. The third-order valence-electron chi connectivity index (χ3n) is 2.70. The largest absolute Gasteiger partial charge is 0.331 e. The van der Waals surface area contributed by atoms with Crippen LogP contribution < -0.4 is 0 Å². The van der Waals surface area contributed by atoms with Crippen LogP contribution in [0.4, 0.5) is 8.78 Å². The lowest BCUT2D eigenvalue weighted by molar-refractivity contribution is -0.121. The van der Waals surface area contributed by atoms with Crippen LogP contribution in [0.1, 0.15) is 23.2 Å². The van der Waals surface area contributed by atoms with E-state index in [4.69, 9.17) is 0 Å². The van der Waals surface area contributed by atoms with Crippen molar-refractivity contribution in [2.24, 2.45) is 0 Å². The normalized spacial score (nSPS) is 16.1. The highest BCUT2D eigenvalue weighted by Crippen LogP contribution is 2.15. The number of nitrogens with zero attached hydrogens (tertiary/aromatic N) is 1. The van der Waals surface area contributed by atoms with Crippen LogP contribution in [0.15, 0.2) is 18.2 Å². The number of rotatable bonds is 1. The van der Waals surface area contributed by atoms with Gasteiger partial charge in [-0.1, -0.05) is 0 Å². The number of Topliss-reactive ketones (excluding diaryl/α,β-unsaturated/α-hetero) is 1. The molecule has 1 heterocycles. The SMILES string of the molecule is O=C1CCCN(C(=O)c2cc(F)ccc2F)C1. The van der Waals surface area contributed by atoms with Crippen molar-refractivity contribution in [2.45, 2.75) is 12.8 Å². The molecule has 1 saturated heterocycles. The van der Waals surface area contributed by atoms with Crippen molar-refractivity contribution in [1.82, 2.24) is 4.90 Å². The molecule has 1 aromatic carbocycles. The second kappa shape index (κ2) is 4.61. The van der Waals surface area contributed by atoms with E-state index in [0.717, 1.165) is 18.2 Å². The maximum Gasteiger partial charge on any atom is 0.257 e. The second-order valence-electron chi connectivity index (χ2n) is 3.99. The van der Waals surface area contributed by atoms with Crippen molar-refractivity contribution in [2.75, 3.05) is 13.1 Å². The number of amides is 1. The van der Waals surface area contributed by atoms with Crippen molar-refractivity contribution in [3.63, 3.8) is 0 Å². The Morgan fingerprint density at radius 2 is 2.06 bits per heavy atom. The highest BCUT2D eigenvalue weighted by molar-refractivity contribution is 5.97. The molecule has 0 bridgehead atoms. The molecule has 1 aliphatic heterocycles. The molecule has 2 rings (SSSR count). The van der Waals surface area contributed by atoms with Crippen LogP contribution >= 0.6 is 0 Å². The number of likely N-dealkylation sites (tertiary alicyclic amines) is 1. The first kappa shape index (κ1) is 11.7. The van der Waals surface area contributed by atoms with E-state index in [-0.39, 0.29) is 17.9 Å². The van der Waals surface area contributed by atoms with E-state index in [1.807, 2.05) is 0 Å². The molecule has 1 fully saturated rings. The van der Waals surface area contributed by atoms with E-state index in [1.165, 1.54) is 4.90 Å². The van der Waals surface area contributed by atoms with Gasteiger partial charge in [-0.05, 0) is 24.6 Å². The summed E-state index contributed by atoms with van der Waals surface area (Å²) in [5, 5.41) is 0. The van der Waals surface area contributed by atoms with Crippen molar-refractivity contribution < 1.29 is 18.4 Å². The van der Waals surface area contributed by atoms with Gasteiger partial charge < -0.3 is 4.90 Å². The minimum atomic E-state index is -0.769. The van der Waals surface area contributed by atoms with Gasteiger partial charge in [-0.3, -0.25) is 9.59 Å². The summed E-state index contributed by atoms with van der Waals surface area (Å²) in [5.74, 6) is -2.12. The van der Waals surface area contributed by atoms with Gasteiger partial charge in [0.25, 0.3) is 5.91 Å². The molecule has 0 aromatic heterocycles. The van der Waals surface area contributed by atoms with E-state index in [9.17, 15) is 18.4 Å². The molecule has 3 nitrogen and oxygen atoms in total. The Labute approximate surface area is 97.0 Å². The molecule has 17 heavy (non-hydrogen) atoms. The Hall–Kier alpha value is -1.78. The van der Waals surface area contributed by atoms with Crippen molar-refractivity contribution >= 4 is 11.7 Å². The Morgan fingerprint density at radius 1 is 1.29 bits per heavy atom. The number of carbonyl (C=O) groups excluding carboxylic acids is 2. The Bertz CT molecular complexity index is 474. The lowest BCUT2D eigenvalue weighted by Crippen LogP contribution is -2.40. The van der Waals surface area contributed by atoms with Crippen LogP contribution in [0.25, 0.3) is 0 Å². The maximum atomic E-state index is 13.4. The van der Waals surface area contributed by atoms with Gasteiger partial charge in [-0.15, -0.1) is 0 Å². The first-order valence-corrected chi connectivity index (χ1v) is 5.34. The molecule has 0 atom stereocenters. The van der Waals surface area contributed by atoms with Gasteiger partial charge >= 0.3 is 0 Å². The molecular weight excluding hydrogens is 228 g/mol. The van der Waals surface area contributed by atoms with Crippen LogP contribution in [0.5, 0.6) is 0 Å². The van der Waals surface area contributed by atoms with Crippen LogP contribution in [-0.2, 0) is 4.79 Å². The number of halogens is 2. The maximum absolute atomic E-state index is 13.4. The number of benzene rings is 1. The fourth-order valence-corrected chi connectivity index (χ4v) is 1.84. The van der Waals surface area contributed by atoms with E-state index < -0.39 is 17.5 Å². The number of piperidine rings is 1. The van der Waals surface area contributed by atoms with Gasteiger partial charge in [-0.2, -0.15) is 0 Å².